The molecule has 0 aliphatic carbocycles. The highest BCUT2D eigenvalue weighted by atomic mass is 16.5. The standard InChI is InChI=1S/C19H24N2O3/c1-20(2)16-10-6-14(7-11-16)19(24-5,18(22)23)15-8-12-17(13-9-15)21(3)4/h6-13H,1-5H3,(H,22,23). The van der Waals surface area contributed by atoms with E-state index >= 15 is 0 Å². The Labute approximate surface area is 143 Å². The number of hydrogen-bond donors (Lipinski definition) is 1. The van der Waals surface area contributed by atoms with Gasteiger partial charge in [0.2, 0.25) is 5.60 Å². The SMILES string of the molecule is COC(C(=O)O)(c1ccc(N(C)C)cc1)c1ccc(N(C)C)cc1. The van der Waals surface area contributed by atoms with Crippen LogP contribution in [0.3, 0.4) is 0 Å². The molecule has 0 atom stereocenters. The van der Waals surface area contributed by atoms with E-state index in [0.29, 0.717) is 11.1 Å². The number of hydrogen-bond acceptors (Lipinski definition) is 4. The van der Waals surface area contributed by atoms with Crippen molar-refractivity contribution in [1.82, 2.24) is 0 Å². The molecule has 128 valence electrons. The first-order valence-electron chi connectivity index (χ1n) is 7.67. The monoisotopic (exact) mass is 328 g/mol. The zero-order valence-corrected chi connectivity index (χ0v) is 14.8. The molecule has 2 rings (SSSR count). The molecule has 5 nitrogen and oxygen atoms in total. The van der Waals surface area contributed by atoms with E-state index in [2.05, 4.69) is 0 Å². The van der Waals surface area contributed by atoms with Crippen LogP contribution >= 0.6 is 0 Å². The van der Waals surface area contributed by atoms with Gasteiger partial charge in [-0.25, -0.2) is 4.79 Å². The number of nitrogens with zero attached hydrogens (tertiary/aromatic N) is 2. The molecule has 0 aliphatic rings. The van der Waals surface area contributed by atoms with Gasteiger partial charge in [-0.15, -0.1) is 0 Å². The highest BCUT2D eigenvalue weighted by molar-refractivity contribution is 5.84. The van der Waals surface area contributed by atoms with Crippen LogP contribution in [0.1, 0.15) is 11.1 Å². The number of carboxylic acid groups (broad SMARTS) is 1. The summed E-state index contributed by atoms with van der Waals surface area (Å²) in [4.78, 5) is 16.1. The van der Waals surface area contributed by atoms with Crippen molar-refractivity contribution in [3.8, 4) is 0 Å². The Hall–Kier alpha value is -2.53. The predicted molar refractivity (Wildman–Crippen MR) is 97.0 cm³/mol. The maximum absolute atomic E-state index is 12.1. The van der Waals surface area contributed by atoms with Crippen LogP contribution in [0.2, 0.25) is 0 Å². The molecular weight excluding hydrogens is 304 g/mol. The second-order valence-electron chi connectivity index (χ2n) is 6.07. The van der Waals surface area contributed by atoms with Gasteiger partial charge in [-0.05, 0) is 35.4 Å². The molecule has 0 heterocycles. The van der Waals surface area contributed by atoms with Crippen molar-refractivity contribution in [2.24, 2.45) is 0 Å². The molecule has 0 unspecified atom stereocenters. The Balaban J connectivity index is 2.55. The minimum atomic E-state index is -1.53. The molecule has 0 fully saturated rings. The molecule has 2 aromatic rings. The van der Waals surface area contributed by atoms with Crippen molar-refractivity contribution in [3.63, 3.8) is 0 Å². The maximum atomic E-state index is 12.1. The van der Waals surface area contributed by atoms with Gasteiger partial charge in [-0.1, -0.05) is 24.3 Å². The third-order valence-electron chi connectivity index (χ3n) is 4.19. The average Bonchev–Trinajstić information content (AvgIpc) is 2.56. The summed E-state index contributed by atoms with van der Waals surface area (Å²) in [7, 11) is 9.19. The van der Waals surface area contributed by atoms with E-state index in [1.54, 1.807) is 24.3 Å². The van der Waals surface area contributed by atoms with Gasteiger partial charge in [-0.3, -0.25) is 0 Å². The second kappa shape index (κ2) is 6.93. The van der Waals surface area contributed by atoms with Crippen molar-refractivity contribution in [3.05, 3.63) is 59.7 Å². The molecule has 0 aliphatic heterocycles. The molecule has 0 amide bonds. The minimum Gasteiger partial charge on any atom is -0.479 e. The van der Waals surface area contributed by atoms with E-state index < -0.39 is 11.6 Å². The Bertz CT molecular complexity index is 640. The number of ether oxygens (including phenoxy) is 1. The maximum Gasteiger partial charge on any atom is 0.345 e. The van der Waals surface area contributed by atoms with E-state index in [1.807, 2.05) is 62.3 Å². The molecule has 0 bridgehead atoms. The fourth-order valence-corrected chi connectivity index (χ4v) is 2.73. The lowest BCUT2D eigenvalue weighted by atomic mass is 9.85. The fraction of sp³-hybridized carbons (Fsp3) is 0.316. The lowest BCUT2D eigenvalue weighted by Crippen LogP contribution is -2.39. The van der Waals surface area contributed by atoms with Crippen LogP contribution in [0.5, 0.6) is 0 Å². The Morgan fingerprint density at radius 2 is 1.17 bits per heavy atom. The highest BCUT2D eigenvalue weighted by Gasteiger charge is 2.42. The number of anilines is 2. The van der Waals surface area contributed by atoms with E-state index in [-0.39, 0.29) is 0 Å². The summed E-state index contributed by atoms with van der Waals surface area (Å²) in [6, 6.07) is 14.8. The lowest BCUT2D eigenvalue weighted by molar-refractivity contribution is -0.158. The molecule has 5 heteroatoms. The molecule has 2 aromatic carbocycles. The first-order chi connectivity index (χ1) is 11.3. The van der Waals surface area contributed by atoms with Gasteiger partial charge in [0.05, 0.1) is 0 Å². The molecule has 1 N–H and O–H groups in total. The van der Waals surface area contributed by atoms with Crippen LogP contribution in [-0.2, 0) is 15.1 Å². The fourth-order valence-electron chi connectivity index (χ4n) is 2.73. The molecular formula is C19H24N2O3. The summed E-state index contributed by atoms with van der Waals surface area (Å²) in [6.07, 6.45) is 0. The molecule has 0 radical (unpaired) electrons. The summed E-state index contributed by atoms with van der Waals surface area (Å²) in [5, 5.41) is 9.94. The third kappa shape index (κ3) is 3.08. The molecule has 0 saturated carbocycles. The quantitative estimate of drug-likeness (QED) is 0.884. The smallest absolute Gasteiger partial charge is 0.345 e. The zero-order valence-electron chi connectivity index (χ0n) is 14.8. The summed E-state index contributed by atoms with van der Waals surface area (Å²) < 4.78 is 5.55. The summed E-state index contributed by atoms with van der Waals surface area (Å²) in [6.45, 7) is 0. The van der Waals surface area contributed by atoms with Crippen molar-refractivity contribution in [1.29, 1.82) is 0 Å². The third-order valence-corrected chi connectivity index (χ3v) is 4.19. The van der Waals surface area contributed by atoms with Crippen LogP contribution in [0, 0.1) is 0 Å². The van der Waals surface area contributed by atoms with Gasteiger partial charge in [0, 0.05) is 46.7 Å². The van der Waals surface area contributed by atoms with Crippen LogP contribution < -0.4 is 9.80 Å². The number of carbonyl (C=O) groups is 1. The van der Waals surface area contributed by atoms with Crippen LogP contribution in [0.4, 0.5) is 11.4 Å². The summed E-state index contributed by atoms with van der Waals surface area (Å²) >= 11 is 0. The van der Waals surface area contributed by atoms with Crippen LogP contribution in [0.15, 0.2) is 48.5 Å². The van der Waals surface area contributed by atoms with Crippen LogP contribution in [-0.4, -0.2) is 46.4 Å². The Morgan fingerprint density at radius 3 is 1.38 bits per heavy atom. The summed E-state index contributed by atoms with van der Waals surface area (Å²) in [5.41, 5.74) is 1.63. The van der Waals surface area contributed by atoms with Gasteiger partial charge in [0.15, 0.2) is 0 Å². The van der Waals surface area contributed by atoms with Gasteiger partial charge in [0.25, 0.3) is 0 Å². The molecule has 24 heavy (non-hydrogen) atoms. The number of methoxy groups -OCH3 is 1. The summed E-state index contributed by atoms with van der Waals surface area (Å²) in [5.74, 6) is -1.04. The first kappa shape index (κ1) is 17.8. The zero-order chi connectivity index (χ0) is 17.9. The highest BCUT2D eigenvalue weighted by Crippen LogP contribution is 2.35. The number of benzene rings is 2. The lowest BCUT2D eigenvalue weighted by Gasteiger charge is -2.30. The van der Waals surface area contributed by atoms with Gasteiger partial charge in [-0.2, -0.15) is 0 Å². The largest absolute Gasteiger partial charge is 0.479 e. The van der Waals surface area contributed by atoms with E-state index in [4.69, 9.17) is 4.74 Å². The van der Waals surface area contributed by atoms with Crippen molar-refractivity contribution < 1.29 is 14.6 Å². The first-order valence-corrected chi connectivity index (χ1v) is 7.67. The Kier molecular flexibility index (Phi) is 5.14. The van der Waals surface area contributed by atoms with Crippen molar-refractivity contribution in [2.75, 3.05) is 45.1 Å². The van der Waals surface area contributed by atoms with Gasteiger partial charge < -0.3 is 19.6 Å². The molecule has 0 aromatic heterocycles. The van der Waals surface area contributed by atoms with Crippen molar-refractivity contribution >= 4 is 17.3 Å². The van der Waals surface area contributed by atoms with Crippen molar-refractivity contribution in [2.45, 2.75) is 5.60 Å². The predicted octanol–water partition coefficient (Wildman–Crippen LogP) is 2.79. The number of rotatable bonds is 6. The van der Waals surface area contributed by atoms with Gasteiger partial charge >= 0.3 is 5.97 Å². The minimum absolute atomic E-state index is 0.584. The van der Waals surface area contributed by atoms with E-state index in [9.17, 15) is 9.90 Å². The normalized spacial score (nSPS) is 11.2. The van der Waals surface area contributed by atoms with Crippen LogP contribution in [0.25, 0.3) is 0 Å². The van der Waals surface area contributed by atoms with E-state index in [0.717, 1.165) is 11.4 Å². The average molecular weight is 328 g/mol. The Morgan fingerprint density at radius 1 is 0.833 bits per heavy atom. The second-order valence-corrected chi connectivity index (χ2v) is 6.07. The topological polar surface area (TPSA) is 53.0 Å². The van der Waals surface area contributed by atoms with Gasteiger partial charge in [0.1, 0.15) is 0 Å². The number of aliphatic carboxylic acids is 1. The number of carboxylic acids is 1. The van der Waals surface area contributed by atoms with E-state index in [1.165, 1.54) is 7.11 Å². The molecule has 0 spiro atoms. The molecule has 0 saturated heterocycles.